The lowest BCUT2D eigenvalue weighted by Gasteiger charge is -2.18. The average molecular weight is 292 g/mol. The minimum absolute atomic E-state index is 0.0218. The van der Waals surface area contributed by atoms with E-state index in [1.54, 1.807) is 7.11 Å². The largest absolute Gasteiger partial charge is 0.496 e. The Kier molecular flexibility index (Phi) is 6.02. The lowest BCUT2D eigenvalue weighted by atomic mass is 10.1. The van der Waals surface area contributed by atoms with Crippen LogP contribution in [0.25, 0.3) is 0 Å². The maximum atomic E-state index is 11.9. The Morgan fingerprint density at radius 1 is 1.48 bits per heavy atom. The third kappa shape index (κ3) is 4.72. The van der Waals surface area contributed by atoms with Crippen LogP contribution in [0.5, 0.6) is 5.75 Å². The van der Waals surface area contributed by atoms with Gasteiger partial charge in [-0.2, -0.15) is 0 Å². The molecule has 1 saturated heterocycles. The second-order valence-electron chi connectivity index (χ2n) is 5.30. The van der Waals surface area contributed by atoms with Gasteiger partial charge in [0.15, 0.2) is 0 Å². The number of carbonyl (C=O) groups is 1. The molecular weight excluding hydrogens is 268 g/mol. The fourth-order valence-corrected chi connectivity index (χ4v) is 2.55. The maximum absolute atomic E-state index is 11.9. The standard InChI is InChI=1S/C16H24N2O3/c1-12(14-7-3-4-8-15(14)20-2)18-16(19)11-17-10-13-6-5-9-21-13/h3-4,7-8,12-13,17H,5-6,9-11H2,1-2H3,(H,18,19). The molecule has 0 aliphatic carbocycles. The molecule has 2 unspecified atom stereocenters. The van der Waals surface area contributed by atoms with E-state index in [-0.39, 0.29) is 18.1 Å². The molecule has 2 rings (SSSR count). The van der Waals surface area contributed by atoms with Gasteiger partial charge in [-0.1, -0.05) is 18.2 Å². The number of amides is 1. The van der Waals surface area contributed by atoms with Crippen molar-refractivity contribution in [2.75, 3.05) is 26.8 Å². The molecule has 1 aromatic rings. The van der Waals surface area contributed by atoms with Gasteiger partial charge in [0, 0.05) is 18.7 Å². The van der Waals surface area contributed by atoms with E-state index >= 15 is 0 Å². The molecule has 1 aromatic carbocycles. The van der Waals surface area contributed by atoms with Gasteiger partial charge in [-0.25, -0.2) is 0 Å². The van der Waals surface area contributed by atoms with Crippen LogP contribution in [0.3, 0.4) is 0 Å². The van der Waals surface area contributed by atoms with E-state index in [1.807, 2.05) is 31.2 Å². The first-order chi connectivity index (χ1) is 10.2. The van der Waals surface area contributed by atoms with Crippen molar-refractivity contribution >= 4 is 5.91 Å². The van der Waals surface area contributed by atoms with Gasteiger partial charge in [0.1, 0.15) is 5.75 Å². The van der Waals surface area contributed by atoms with E-state index in [0.29, 0.717) is 6.54 Å². The number of para-hydroxylation sites is 1. The first kappa shape index (κ1) is 15.8. The summed E-state index contributed by atoms with van der Waals surface area (Å²) in [4.78, 5) is 11.9. The molecule has 1 aliphatic heterocycles. The zero-order valence-electron chi connectivity index (χ0n) is 12.7. The molecule has 0 saturated carbocycles. The normalized spacial score (nSPS) is 19.2. The van der Waals surface area contributed by atoms with Crippen molar-refractivity contribution in [3.05, 3.63) is 29.8 Å². The molecule has 21 heavy (non-hydrogen) atoms. The second-order valence-corrected chi connectivity index (χ2v) is 5.30. The fourth-order valence-electron chi connectivity index (χ4n) is 2.55. The summed E-state index contributed by atoms with van der Waals surface area (Å²) in [6, 6.07) is 7.63. The SMILES string of the molecule is COc1ccccc1C(C)NC(=O)CNCC1CCCO1. The molecule has 5 heteroatoms. The van der Waals surface area contributed by atoms with Gasteiger partial charge < -0.3 is 20.1 Å². The van der Waals surface area contributed by atoms with Crippen molar-refractivity contribution in [2.24, 2.45) is 0 Å². The predicted octanol–water partition coefficient (Wildman–Crippen LogP) is 1.64. The summed E-state index contributed by atoms with van der Waals surface area (Å²) in [6.45, 7) is 3.83. The highest BCUT2D eigenvalue weighted by molar-refractivity contribution is 5.78. The molecule has 0 radical (unpaired) electrons. The molecule has 1 aliphatic rings. The third-order valence-electron chi connectivity index (χ3n) is 3.66. The molecule has 2 atom stereocenters. The molecule has 0 spiro atoms. The molecule has 116 valence electrons. The predicted molar refractivity (Wildman–Crippen MR) is 81.4 cm³/mol. The first-order valence-electron chi connectivity index (χ1n) is 7.45. The number of hydrogen-bond donors (Lipinski definition) is 2. The molecule has 1 fully saturated rings. The smallest absolute Gasteiger partial charge is 0.234 e. The third-order valence-corrected chi connectivity index (χ3v) is 3.66. The van der Waals surface area contributed by atoms with Crippen LogP contribution in [0, 0.1) is 0 Å². The number of carbonyl (C=O) groups excluding carboxylic acids is 1. The van der Waals surface area contributed by atoms with E-state index in [0.717, 1.165) is 37.3 Å². The number of ether oxygens (including phenoxy) is 2. The summed E-state index contributed by atoms with van der Waals surface area (Å²) < 4.78 is 10.8. The van der Waals surface area contributed by atoms with E-state index in [1.165, 1.54) is 0 Å². The van der Waals surface area contributed by atoms with Crippen molar-refractivity contribution < 1.29 is 14.3 Å². The Morgan fingerprint density at radius 2 is 2.29 bits per heavy atom. The minimum atomic E-state index is -0.0850. The zero-order chi connectivity index (χ0) is 15.1. The van der Waals surface area contributed by atoms with Crippen LogP contribution in [0.15, 0.2) is 24.3 Å². The average Bonchev–Trinajstić information content (AvgIpc) is 3.00. The Bertz CT molecular complexity index is 459. The first-order valence-corrected chi connectivity index (χ1v) is 7.45. The highest BCUT2D eigenvalue weighted by atomic mass is 16.5. The summed E-state index contributed by atoms with van der Waals surface area (Å²) in [7, 11) is 1.64. The highest BCUT2D eigenvalue weighted by Crippen LogP contribution is 2.24. The van der Waals surface area contributed by atoms with Gasteiger partial charge >= 0.3 is 0 Å². The summed E-state index contributed by atoms with van der Waals surface area (Å²) in [5.74, 6) is 0.768. The molecule has 5 nitrogen and oxygen atoms in total. The van der Waals surface area contributed by atoms with Crippen LogP contribution in [0.4, 0.5) is 0 Å². The molecule has 1 amide bonds. The molecule has 2 N–H and O–H groups in total. The number of rotatable bonds is 7. The van der Waals surface area contributed by atoms with Gasteiger partial charge in [-0.05, 0) is 25.8 Å². The molecular formula is C16H24N2O3. The summed E-state index contributed by atoms with van der Waals surface area (Å²) in [6.07, 6.45) is 2.44. The number of nitrogens with one attached hydrogen (secondary N) is 2. The van der Waals surface area contributed by atoms with Gasteiger partial charge in [-0.15, -0.1) is 0 Å². The Morgan fingerprint density at radius 3 is 3.00 bits per heavy atom. The molecule has 0 aromatic heterocycles. The number of hydrogen-bond acceptors (Lipinski definition) is 4. The lowest BCUT2D eigenvalue weighted by molar-refractivity contribution is -0.120. The van der Waals surface area contributed by atoms with E-state index in [2.05, 4.69) is 10.6 Å². The van der Waals surface area contributed by atoms with Crippen LogP contribution in [-0.2, 0) is 9.53 Å². The second kappa shape index (κ2) is 8.00. The molecule has 1 heterocycles. The van der Waals surface area contributed by atoms with Crippen LogP contribution >= 0.6 is 0 Å². The maximum Gasteiger partial charge on any atom is 0.234 e. The van der Waals surface area contributed by atoms with Crippen LogP contribution in [-0.4, -0.2) is 38.8 Å². The van der Waals surface area contributed by atoms with Crippen molar-refractivity contribution in [3.63, 3.8) is 0 Å². The van der Waals surface area contributed by atoms with Gasteiger partial charge in [0.2, 0.25) is 5.91 Å². The number of methoxy groups -OCH3 is 1. The van der Waals surface area contributed by atoms with Crippen molar-refractivity contribution in [2.45, 2.75) is 31.9 Å². The quantitative estimate of drug-likeness (QED) is 0.802. The van der Waals surface area contributed by atoms with E-state index in [9.17, 15) is 4.79 Å². The Hall–Kier alpha value is -1.59. The van der Waals surface area contributed by atoms with Crippen molar-refractivity contribution in [1.82, 2.24) is 10.6 Å². The van der Waals surface area contributed by atoms with Crippen LogP contribution in [0.1, 0.15) is 31.4 Å². The minimum Gasteiger partial charge on any atom is -0.496 e. The Labute approximate surface area is 126 Å². The van der Waals surface area contributed by atoms with E-state index < -0.39 is 0 Å². The highest BCUT2D eigenvalue weighted by Gasteiger charge is 2.16. The Balaban J connectivity index is 1.76. The topological polar surface area (TPSA) is 59.6 Å². The summed E-state index contributed by atoms with van der Waals surface area (Å²) in [5.41, 5.74) is 0.979. The van der Waals surface area contributed by atoms with Gasteiger partial charge in [-0.3, -0.25) is 4.79 Å². The summed E-state index contributed by atoms with van der Waals surface area (Å²) >= 11 is 0. The van der Waals surface area contributed by atoms with Crippen LogP contribution < -0.4 is 15.4 Å². The van der Waals surface area contributed by atoms with Gasteiger partial charge in [0.05, 0.1) is 25.8 Å². The van der Waals surface area contributed by atoms with Crippen molar-refractivity contribution in [3.8, 4) is 5.75 Å². The fraction of sp³-hybridized carbons (Fsp3) is 0.562. The van der Waals surface area contributed by atoms with Crippen LogP contribution in [0.2, 0.25) is 0 Å². The summed E-state index contributed by atoms with van der Waals surface area (Å²) in [5, 5.41) is 6.12. The van der Waals surface area contributed by atoms with E-state index in [4.69, 9.17) is 9.47 Å². The zero-order valence-corrected chi connectivity index (χ0v) is 12.7. The monoisotopic (exact) mass is 292 g/mol. The number of benzene rings is 1. The van der Waals surface area contributed by atoms with Gasteiger partial charge in [0.25, 0.3) is 0 Å². The van der Waals surface area contributed by atoms with Crippen molar-refractivity contribution in [1.29, 1.82) is 0 Å². The lowest BCUT2D eigenvalue weighted by Crippen LogP contribution is -2.38. The molecule has 0 bridgehead atoms.